The summed E-state index contributed by atoms with van der Waals surface area (Å²) >= 11 is 0. The van der Waals surface area contributed by atoms with Gasteiger partial charge in [0.15, 0.2) is 0 Å². The second kappa shape index (κ2) is 8.19. The Morgan fingerprint density at radius 2 is 2.21 bits per heavy atom. The molecule has 0 aromatic carbocycles. The van der Waals surface area contributed by atoms with Gasteiger partial charge in [-0.2, -0.15) is 0 Å². The smallest absolute Gasteiger partial charge is 0.141 e. The molecule has 0 bridgehead atoms. The van der Waals surface area contributed by atoms with Crippen molar-refractivity contribution in [2.45, 2.75) is 26.3 Å². The van der Waals surface area contributed by atoms with Crippen molar-refractivity contribution in [1.82, 2.24) is 9.88 Å². The van der Waals surface area contributed by atoms with Crippen molar-refractivity contribution in [2.75, 3.05) is 26.2 Å². The fraction of sp³-hybridized carbons (Fsp3) is 0.643. The molecule has 0 amide bonds. The highest BCUT2D eigenvalue weighted by Gasteiger charge is 2.18. The molecular formula is C14H24FN3O. The molecule has 1 aromatic heterocycles. The van der Waals surface area contributed by atoms with Gasteiger partial charge in [-0.15, -0.1) is 0 Å². The average Bonchev–Trinajstić information content (AvgIpc) is 2.43. The lowest BCUT2D eigenvalue weighted by Crippen LogP contribution is -2.34. The van der Waals surface area contributed by atoms with Gasteiger partial charge in [0.25, 0.3) is 0 Å². The van der Waals surface area contributed by atoms with Gasteiger partial charge in [-0.05, 0) is 31.0 Å². The Hall–Kier alpha value is -1.04. The molecule has 1 aromatic rings. The van der Waals surface area contributed by atoms with Gasteiger partial charge in [-0.25, -0.2) is 4.39 Å². The Kier molecular flexibility index (Phi) is 6.91. The van der Waals surface area contributed by atoms with E-state index in [0.29, 0.717) is 5.69 Å². The molecule has 2 unspecified atom stereocenters. The maximum atomic E-state index is 12.8. The second-order valence-corrected chi connectivity index (χ2v) is 4.87. The van der Waals surface area contributed by atoms with E-state index in [1.807, 2.05) is 0 Å². The summed E-state index contributed by atoms with van der Waals surface area (Å²) in [7, 11) is 0. The SMILES string of the molecule is CCN(CCCO)CC(C)C(N)c1ccc(F)cn1. The van der Waals surface area contributed by atoms with Gasteiger partial charge in [0, 0.05) is 19.7 Å². The molecule has 0 radical (unpaired) electrons. The van der Waals surface area contributed by atoms with E-state index < -0.39 is 0 Å². The highest BCUT2D eigenvalue weighted by Crippen LogP contribution is 2.18. The maximum Gasteiger partial charge on any atom is 0.141 e. The van der Waals surface area contributed by atoms with Crippen molar-refractivity contribution in [2.24, 2.45) is 11.7 Å². The molecule has 0 aliphatic rings. The van der Waals surface area contributed by atoms with Gasteiger partial charge in [0.2, 0.25) is 0 Å². The molecule has 2 atom stereocenters. The van der Waals surface area contributed by atoms with Crippen LogP contribution >= 0.6 is 0 Å². The monoisotopic (exact) mass is 269 g/mol. The number of halogens is 1. The molecule has 5 heteroatoms. The molecule has 108 valence electrons. The van der Waals surface area contributed by atoms with E-state index in [1.165, 1.54) is 12.3 Å². The molecule has 0 aliphatic carbocycles. The summed E-state index contributed by atoms with van der Waals surface area (Å²) < 4.78 is 12.8. The number of aliphatic hydroxyl groups is 1. The van der Waals surface area contributed by atoms with Crippen LogP contribution in [0.1, 0.15) is 32.0 Å². The molecule has 19 heavy (non-hydrogen) atoms. The summed E-state index contributed by atoms with van der Waals surface area (Å²) in [5.41, 5.74) is 6.87. The summed E-state index contributed by atoms with van der Waals surface area (Å²) in [6.07, 6.45) is 1.97. The van der Waals surface area contributed by atoms with E-state index in [4.69, 9.17) is 10.8 Å². The third-order valence-electron chi connectivity index (χ3n) is 3.33. The zero-order chi connectivity index (χ0) is 14.3. The number of nitrogens with zero attached hydrogens (tertiary/aromatic N) is 2. The van der Waals surface area contributed by atoms with Crippen molar-refractivity contribution in [3.8, 4) is 0 Å². The van der Waals surface area contributed by atoms with Crippen molar-refractivity contribution < 1.29 is 9.50 Å². The van der Waals surface area contributed by atoms with Gasteiger partial charge in [0.1, 0.15) is 5.82 Å². The van der Waals surface area contributed by atoms with Crippen LogP contribution < -0.4 is 5.73 Å². The van der Waals surface area contributed by atoms with Gasteiger partial charge < -0.3 is 15.7 Å². The lowest BCUT2D eigenvalue weighted by Gasteiger charge is -2.27. The molecule has 4 nitrogen and oxygen atoms in total. The van der Waals surface area contributed by atoms with Gasteiger partial charge in [0.05, 0.1) is 17.9 Å². The van der Waals surface area contributed by atoms with Crippen LogP contribution in [-0.2, 0) is 0 Å². The summed E-state index contributed by atoms with van der Waals surface area (Å²) in [5, 5.41) is 8.86. The fourth-order valence-electron chi connectivity index (χ4n) is 2.07. The van der Waals surface area contributed by atoms with E-state index in [-0.39, 0.29) is 24.4 Å². The molecule has 0 saturated carbocycles. The number of hydrogen-bond acceptors (Lipinski definition) is 4. The Morgan fingerprint density at radius 1 is 1.47 bits per heavy atom. The molecule has 1 rings (SSSR count). The molecule has 0 spiro atoms. The standard InChI is InChI=1S/C14H24FN3O/c1-3-18(7-4-8-19)10-11(2)14(16)13-6-5-12(15)9-17-13/h5-6,9,11,14,19H,3-4,7-8,10,16H2,1-2H3. The summed E-state index contributed by atoms with van der Waals surface area (Å²) in [6.45, 7) is 6.99. The minimum Gasteiger partial charge on any atom is -0.396 e. The van der Waals surface area contributed by atoms with E-state index >= 15 is 0 Å². The second-order valence-electron chi connectivity index (χ2n) is 4.87. The average molecular weight is 269 g/mol. The van der Waals surface area contributed by atoms with Crippen molar-refractivity contribution in [3.63, 3.8) is 0 Å². The van der Waals surface area contributed by atoms with Crippen molar-refractivity contribution in [3.05, 3.63) is 29.8 Å². The minimum absolute atomic E-state index is 0.205. The van der Waals surface area contributed by atoms with Crippen molar-refractivity contribution in [1.29, 1.82) is 0 Å². The van der Waals surface area contributed by atoms with Crippen LogP contribution in [0.15, 0.2) is 18.3 Å². The molecule has 0 saturated heterocycles. The molecule has 0 aliphatic heterocycles. The Bertz CT molecular complexity index is 358. The van der Waals surface area contributed by atoms with Crippen molar-refractivity contribution >= 4 is 0 Å². The first-order chi connectivity index (χ1) is 9.08. The van der Waals surface area contributed by atoms with E-state index in [0.717, 1.165) is 26.1 Å². The number of rotatable bonds is 8. The van der Waals surface area contributed by atoms with Crippen LogP contribution in [0, 0.1) is 11.7 Å². The Morgan fingerprint density at radius 3 is 2.74 bits per heavy atom. The number of nitrogens with two attached hydrogens (primary N) is 1. The van der Waals surface area contributed by atoms with E-state index in [2.05, 4.69) is 23.7 Å². The molecular weight excluding hydrogens is 245 g/mol. The number of aliphatic hydroxyl groups excluding tert-OH is 1. The first-order valence-corrected chi connectivity index (χ1v) is 6.78. The first kappa shape index (κ1) is 16.0. The third-order valence-corrected chi connectivity index (χ3v) is 3.33. The number of aromatic nitrogens is 1. The molecule has 1 heterocycles. The van der Waals surface area contributed by atoms with Gasteiger partial charge >= 0.3 is 0 Å². The Labute approximate surface area is 114 Å². The number of pyridine rings is 1. The highest BCUT2D eigenvalue weighted by atomic mass is 19.1. The number of hydrogen-bond donors (Lipinski definition) is 2. The maximum absolute atomic E-state index is 12.8. The highest BCUT2D eigenvalue weighted by molar-refractivity contribution is 5.10. The van der Waals surface area contributed by atoms with Crippen LogP contribution in [-0.4, -0.2) is 41.2 Å². The topological polar surface area (TPSA) is 62.4 Å². The van der Waals surface area contributed by atoms with E-state index in [9.17, 15) is 4.39 Å². The lowest BCUT2D eigenvalue weighted by atomic mass is 9.98. The summed E-state index contributed by atoms with van der Waals surface area (Å²) in [4.78, 5) is 6.29. The van der Waals surface area contributed by atoms with Crippen LogP contribution in [0.3, 0.4) is 0 Å². The molecule has 3 N–H and O–H groups in total. The quantitative estimate of drug-likeness (QED) is 0.752. The third kappa shape index (κ3) is 5.22. The van der Waals surface area contributed by atoms with Crippen LogP contribution in [0.2, 0.25) is 0 Å². The van der Waals surface area contributed by atoms with E-state index in [1.54, 1.807) is 6.07 Å². The lowest BCUT2D eigenvalue weighted by molar-refractivity contribution is 0.201. The summed E-state index contributed by atoms with van der Waals surface area (Å²) in [6, 6.07) is 2.82. The predicted molar refractivity (Wildman–Crippen MR) is 74.1 cm³/mol. The Balaban J connectivity index is 2.55. The predicted octanol–water partition coefficient (Wildman–Crippen LogP) is 1.56. The van der Waals surface area contributed by atoms with Crippen LogP contribution in [0.5, 0.6) is 0 Å². The normalized spacial score (nSPS) is 14.6. The van der Waals surface area contributed by atoms with Crippen LogP contribution in [0.4, 0.5) is 4.39 Å². The minimum atomic E-state index is -0.346. The van der Waals surface area contributed by atoms with Crippen LogP contribution in [0.25, 0.3) is 0 Å². The summed E-state index contributed by atoms with van der Waals surface area (Å²) in [5.74, 6) is -0.127. The fourth-order valence-corrected chi connectivity index (χ4v) is 2.07. The zero-order valence-corrected chi connectivity index (χ0v) is 11.7. The largest absolute Gasteiger partial charge is 0.396 e. The first-order valence-electron chi connectivity index (χ1n) is 6.78. The molecule has 0 fully saturated rings. The van der Waals surface area contributed by atoms with Gasteiger partial charge in [-0.1, -0.05) is 13.8 Å². The van der Waals surface area contributed by atoms with Gasteiger partial charge in [-0.3, -0.25) is 4.98 Å². The zero-order valence-electron chi connectivity index (χ0n) is 11.7.